The molecule has 2 aromatic heterocycles. The zero-order valence-electron chi connectivity index (χ0n) is 8.07. The monoisotopic (exact) mass is 237 g/mol. The second kappa shape index (κ2) is 4.19. The van der Waals surface area contributed by atoms with Crippen molar-refractivity contribution in [2.45, 2.75) is 0 Å². The molecule has 0 radical (unpaired) electrons. The largest absolute Gasteiger partial charge is 0.396 e. The average Bonchev–Trinajstić information content (AvgIpc) is 2.68. The van der Waals surface area contributed by atoms with Crippen molar-refractivity contribution >= 4 is 28.9 Å². The lowest BCUT2D eigenvalue weighted by Gasteiger charge is -2.04. The molecule has 1 amide bonds. The number of aromatic nitrogens is 3. The maximum atomic E-state index is 11.7. The van der Waals surface area contributed by atoms with Crippen LogP contribution in [0.3, 0.4) is 0 Å². The minimum atomic E-state index is -0.412. The molecular formula is C9H8ClN5O. The minimum Gasteiger partial charge on any atom is -0.396 e. The van der Waals surface area contributed by atoms with Gasteiger partial charge in [0.1, 0.15) is 5.69 Å². The van der Waals surface area contributed by atoms with Gasteiger partial charge < -0.3 is 11.1 Å². The Morgan fingerprint density at radius 3 is 3.00 bits per heavy atom. The first-order valence-electron chi connectivity index (χ1n) is 4.39. The number of hydrogen-bond donors (Lipinski definition) is 3. The molecule has 0 atom stereocenters. The number of nitrogens with one attached hydrogen (secondary N) is 2. The topological polar surface area (TPSA) is 96.7 Å². The van der Waals surface area contributed by atoms with Crippen molar-refractivity contribution in [2.24, 2.45) is 0 Å². The third-order valence-corrected chi connectivity index (χ3v) is 2.20. The molecule has 2 aromatic rings. The van der Waals surface area contributed by atoms with Crippen LogP contribution in [-0.2, 0) is 0 Å². The van der Waals surface area contributed by atoms with Crippen molar-refractivity contribution in [2.75, 3.05) is 11.1 Å². The molecule has 0 spiro atoms. The van der Waals surface area contributed by atoms with Crippen LogP contribution in [0.4, 0.5) is 11.4 Å². The van der Waals surface area contributed by atoms with E-state index >= 15 is 0 Å². The number of rotatable bonds is 2. The molecule has 16 heavy (non-hydrogen) atoms. The molecule has 0 saturated heterocycles. The summed E-state index contributed by atoms with van der Waals surface area (Å²) < 4.78 is 0. The second-order valence-electron chi connectivity index (χ2n) is 3.00. The first-order valence-corrected chi connectivity index (χ1v) is 4.77. The molecule has 0 aliphatic heterocycles. The van der Waals surface area contributed by atoms with E-state index < -0.39 is 5.91 Å². The maximum Gasteiger partial charge on any atom is 0.275 e. The molecule has 0 fully saturated rings. The zero-order chi connectivity index (χ0) is 11.5. The fraction of sp³-hybridized carbons (Fsp3) is 0. The molecule has 0 unspecified atom stereocenters. The van der Waals surface area contributed by atoms with E-state index in [2.05, 4.69) is 20.5 Å². The summed E-state index contributed by atoms with van der Waals surface area (Å²) in [5.74, 6) is -0.412. The number of pyridine rings is 1. The minimum absolute atomic E-state index is 0.194. The van der Waals surface area contributed by atoms with Crippen LogP contribution in [0.2, 0.25) is 5.15 Å². The molecule has 82 valence electrons. The van der Waals surface area contributed by atoms with Gasteiger partial charge in [-0.25, -0.2) is 4.98 Å². The van der Waals surface area contributed by atoms with Gasteiger partial charge in [-0.05, 0) is 12.1 Å². The van der Waals surface area contributed by atoms with Crippen LogP contribution in [-0.4, -0.2) is 21.1 Å². The number of carbonyl (C=O) groups is 1. The number of nitrogens with zero attached hydrogens (tertiary/aromatic N) is 2. The highest BCUT2D eigenvalue weighted by Gasteiger charge is 2.13. The molecular weight excluding hydrogens is 230 g/mol. The summed E-state index contributed by atoms with van der Waals surface area (Å²) in [7, 11) is 0. The Labute approximate surface area is 95.8 Å². The van der Waals surface area contributed by atoms with E-state index in [1.54, 1.807) is 12.1 Å². The summed E-state index contributed by atoms with van der Waals surface area (Å²) >= 11 is 5.79. The SMILES string of the molecule is Nc1cn[nH]c1C(=O)Nc1cccnc1Cl. The van der Waals surface area contributed by atoms with Gasteiger partial charge in [0.15, 0.2) is 5.15 Å². The lowest BCUT2D eigenvalue weighted by Crippen LogP contribution is -2.14. The standard InChI is InChI=1S/C9H8ClN5O/c10-8-6(2-1-3-12-8)14-9(16)7-5(11)4-13-15-7/h1-4H,11H2,(H,13,15)(H,14,16). The number of anilines is 2. The van der Waals surface area contributed by atoms with Crippen molar-refractivity contribution in [3.05, 3.63) is 35.4 Å². The van der Waals surface area contributed by atoms with Gasteiger partial charge in [-0.2, -0.15) is 5.10 Å². The highest BCUT2D eigenvalue weighted by molar-refractivity contribution is 6.32. The molecule has 7 heteroatoms. The highest BCUT2D eigenvalue weighted by atomic mass is 35.5. The fourth-order valence-corrected chi connectivity index (χ4v) is 1.31. The number of halogens is 1. The predicted molar refractivity (Wildman–Crippen MR) is 60.2 cm³/mol. The Balaban J connectivity index is 2.21. The molecule has 0 aliphatic carbocycles. The van der Waals surface area contributed by atoms with E-state index in [0.29, 0.717) is 5.69 Å². The molecule has 0 aromatic carbocycles. The smallest absolute Gasteiger partial charge is 0.275 e. The molecule has 0 saturated carbocycles. The number of aromatic amines is 1. The van der Waals surface area contributed by atoms with Crippen LogP contribution in [0.5, 0.6) is 0 Å². The van der Waals surface area contributed by atoms with Gasteiger partial charge in [0.05, 0.1) is 17.6 Å². The summed E-state index contributed by atoms with van der Waals surface area (Å²) in [5.41, 5.74) is 6.42. The van der Waals surface area contributed by atoms with Crippen molar-refractivity contribution in [1.82, 2.24) is 15.2 Å². The normalized spacial score (nSPS) is 10.1. The van der Waals surface area contributed by atoms with Crippen LogP contribution in [0.25, 0.3) is 0 Å². The van der Waals surface area contributed by atoms with E-state index in [-0.39, 0.29) is 16.5 Å². The molecule has 0 bridgehead atoms. The Kier molecular flexibility index (Phi) is 2.74. The number of nitrogens with two attached hydrogens (primary N) is 1. The summed E-state index contributed by atoms with van der Waals surface area (Å²) in [4.78, 5) is 15.5. The van der Waals surface area contributed by atoms with Gasteiger partial charge in [-0.3, -0.25) is 9.89 Å². The van der Waals surface area contributed by atoms with Gasteiger partial charge in [-0.15, -0.1) is 0 Å². The van der Waals surface area contributed by atoms with Crippen LogP contribution in [0, 0.1) is 0 Å². The molecule has 0 aliphatic rings. The van der Waals surface area contributed by atoms with Crippen molar-refractivity contribution in [3.8, 4) is 0 Å². The zero-order valence-corrected chi connectivity index (χ0v) is 8.82. The van der Waals surface area contributed by atoms with E-state index in [4.69, 9.17) is 17.3 Å². The Morgan fingerprint density at radius 2 is 2.38 bits per heavy atom. The van der Waals surface area contributed by atoms with Crippen LogP contribution in [0.15, 0.2) is 24.5 Å². The van der Waals surface area contributed by atoms with Gasteiger partial charge >= 0.3 is 0 Å². The molecule has 2 rings (SSSR count). The summed E-state index contributed by atoms with van der Waals surface area (Å²) in [5, 5.41) is 8.93. The van der Waals surface area contributed by atoms with Crippen LogP contribution in [0.1, 0.15) is 10.5 Å². The number of hydrogen-bond acceptors (Lipinski definition) is 4. The van der Waals surface area contributed by atoms with Crippen LogP contribution >= 0.6 is 11.6 Å². The number of carbonyl (C=O) groups excluding carboxylic acids is 1. The Hall–Kier alpha value is -2.08. The number of H-pyrrole nitrogens is 1. The Bertz CT molecular complexity index is 524. The lowest BCUT2D eigenvalue weighted by atomic mass is 10.3. The van der Waals surface area contributed by atoms with Crippen molar-refractivity contribution in [1.29, 1.82) is 0 Å². The van der Waals surface area contributed by atoms with E-state index in [1.807, 2.05) is 0 Å². The predicted octanol–water partition coefficient (Wildman–Crippen LogP) is 1.29. The summed E-state index contributed by atoms with van der Waals surface area (Å²) in [6.07, 6.45) is 2.89. The Morgan fingerprint density at radius 1 is 1.56 bits per heavy atom. The summed E-state index contributed by atoms with van der Waals surface area (Å²) in [6.45, 7) is 0. The van der Waals surface area contributed by atoms with Crippen LogP contribution < -0.4 is 11.1 Å². The average molecular weight is 238 g/mol. The van der Waals surface area contributed by atoms with Crippen molar-refractivity contribution in [3.63, 3.8) is 0 Å². The van der Waals surface area contributed by atoms with E-state index in [9.17, 15) is 4.79 Å². The summed E-state index contributed by atoms with van der Waals surface area (Å²) in [6, 6.07) is 3.30. The van der Waals surface area contributed by atoms with Gasteiger partial charge in [0.2, 0.25) is 0 Å². The first-order chi connectivity index (χ1) is 7.68. The van der Waals surface area contributed by atoms with E-state index in [0.717, 1.165) is 0 Å². The number of nitrogen functional groups attached to an aromatic ring is 1. The third-order valence-electron chi connectivity index (χ3n) is 1.90. The fourth-order valence-electron chi connectivity index (χ4n) is 1.14. The second-order valence-corrected chi connectivity index (χ2v) is 3.35. The highest BCUT2D eigenvalue weighted by Crippen LogP contribution is 2.18. The lowest BCUT2D eigenvalue weighted by molar-refractivity contribution is 0.102. The molecule has 6 nitrogen and oxygen atoms in total. The molecule has 2 heterocycles. The maximum absolute atomic E-state index is 11.7. The number of amides is 1. The third kappa shape index (κ3) is 1.96. The van der Waals surface area contributed by atoms with Crippen molar-refractivity contribution < 1.29 is 4.79 Å². The van der Waals surface area contributed by atoms with Gasteiger partial charge in [-0.1, -0.05) is 11.6 Å². The van der Waals surface area contributed by atoms with E-state index in [1.165, 1.54) is 12.4 Å². The molecule has 4 N–H and O–H groups in total. The first kappa shape index (κ1) is 10.4. The van der Waals surface area contributed by atoms with Gasteiger partial charge in [0, 0.05) is 6.20 Å². The quantitative estimate of drug-likeness (QED) is 0.686. The van der Waals surface area contributed by atoms with Gasteiger partial charge in [0.25, 0.3) is 5.91 Å².